The van der Waals surface area contributed by atoms with E-state index in [1.54, 1.807) is 6.20 Å². The van der Waals surface area contributed by atoms with Gasteiger partial charge in [-0.15, -0.1) is 0 Å². The lowest BCUT2D eigenvalue weighted by molar-refractivity contribution is -0.124. The van der Waals surface area contributed by atoms with Crippen molar-refractivity contribution < 1.29 is 9.53 Å². The first kappa shape index (κ1) is 25.5. The van der Waals surface area contributed by atoms with Crippen molar-refractivity contribution in [2.75, 3.05) is 18.5 Å². The number of anilines is 1. The SMILES string of the molecule is [B]CC(C)(C)COCC(C)(C)CC(=O)N[C@@H]1CC[C@@H](Nc2cc(CCC)nc3ccnn23)C1. The van der Waals surface area contributed by atoms with Gasteiger partial charge in [-0.2, -0.15) is 9.61 Å². The quantitative estimate of drug-likeness (QED) is 0.472. The van der Waals surface area contributed by atoms with E-state index in [9.17, 15) is 4.79 Å². The molecule has 2 N–H and O–H groups in total. The van der Waals surface area contributed by atoms with Gasteiger partial charge in [-0.25, -0.2) is 4.98 Å². The summed E-state index contributed by atoms with van der Waals surface area (Å²) in [4.78, 5) is 17.4. The molecule has 8 heteroatoms. The number of nitrogens with one attached hydrogen (secondary N) is 2. The molecule has 1 amide bonds. The van der Waals surface area contributed by atoms with Crippen LogP contribution in [0.25, 0.3) is 5.65 Å². The second-order valence-corrected chi connectivity index (χ2v) is 11.1. The van der Waals surface area contributed by atoms with Crippen LogP contribution in [0.3, 0.4) is 0 Å². The summed E-state index contributed by atoms with van der Waals surface area (Å²) in [5.74, 6) is 1.07. The highest BCUT2D eigenvalue weighted by atomic mass is 16.5. The summed E-state index contributed by atoms with van der Waals surface area (Å²) < 4.78 is 7.74. The van der Waals surface area contributed by atoms with Crippen molar-refractivity contribution in [3.63, 3.8) is 0 Å². The summed E-state index contributed by atoms with van der Waals surface area (Å²) in [6, 6.07) is 4.52. The first-order valence-electron chi connectivity index (χ1n) is 12.3. The predicted molar refractivity (Wildman–Crippen MR) is 134 cm³/mol. The highest BCUT2D eigenvalue weighted by molar-refractivity contribution is 6.08. The van der Waals surface area contributed by atoms with Crippen LogP contribution < -0.4 is 10.6 Å². The molecular formula is C25H40BN5O2. The third-order valence-corrected chi connectivity index (χ3v) is 6.25. The normalized spacial score (nSPS) is 19.2. The van der Waals surface area contributed by atoms with Crippen LogP contribution in [0.15, 0.2) is 18.3 Å². The molecule has 2 radical (unpaired) electrons. The Morgan fingerprint density at radius 1 is 1.21 bits per heavy atom. The summed E-state index contributed by atoms with van der Waals surface area (Å²) >= 11 is 0. The zero-order valence-electron chi connectivity index (χ0n) is 21.0. The van der Waals surface area contributed by atoms with Crippen LogP contribution in [0.1, 0.15) is 72.4 Å². The van der Waals surface area contributed by atoms with E-state index in [0.717, 1.165) is 49.3 Å². The van der Waals surface area contributed by atoms with Crippen molar-refractivity contribution in [2.24, 2.45) is 10.8 Å². The molecule has 1 saturated carbocycles. The Kier molecular flexibility index (Phi) is 8.43. The average Bonchev–Trinajstić information content (AvgIpc) is 3.37. The lowest BCUT2D eigenvalue weighted by Crippen LogP contribution is -2.37. The van der Waals surface area contributed by atoms with E-state index in [-0.39, 0.29) is 22.8 Å². The van der Waals surface area contributed by atoms with Crippen LogP contribution in [-0.4, -0.2) is 53.6 Å². The summed E-state index contributed by atoms with van der Waals surface area (Å²) in [5.41, 5.74) is 1.68. The lowest BCUT2D eigenvalue weighted by Gasteiger charge is -2.28. The molecule has 1 aliphatic carbocycles. The number of ether oxygens (including phenoxy) is 1. The van der Waals surface area contributed by atoms with E-state index in [1.165, 1.54) is 0 Å². The minimum absolute atomic E-state index is 0.0436. The minimum Gasteiger partial charge on any atom is -0.380 e. The first-order chi connectivity index (χ1) is 15.6. The highest BCUT2D eigenvalue weighted by Gasteiger charge is 2.29. The summed E-state index contributed by atoms with van der Waals surface area (Å²) in [5, 5.41) is 11.3. The van der Waals surface area contributed by atoms with Gasteiger partial charge in [0.05, 0.1) is 27.3 Å². The van der Waals surface area contributed by atoms with Gasteiger partial charge >= 0.3 is 0 Å². The van der Waals surface area contributed by atoms with Gasteiger partial charge in [0.2, 0.25) is 5.91 Å². The van der Waals surface area contributed by atoms with Crippen LogP contribution in [0.2, 0.25) is 6.32 Å². The van der Waals surface area contributed by atoms with Crippen molar-refractivity contribution in [1.29, 1.82) is 0 Å². The number of hydrogen-bond donors (Lipinski definition) is 2. The number of carbonyl (C=O) groups excluding carboxylic acids is 1. The van der Waals surface area contributed by atoms with Crippen LogP contribution in [0, 0.1) is 10.8 Å². The Morgan fingerprint density at radius 2 is 1.94 bits per heavy atom. The molecule has 7 nitrogen and oxygen atoms in total. The first-order valence-corrected chi connectivity index (χ1v) is 12.3. The fourth-order valence-electron chi connectivity index (χ4n) is 4.33. The third-order valence-electron chi connectivity index (χ3n) is 6.25. The topological polar surface area (TPSA) is 80.5 Å². The van der Waals surface area contributed by atoms with Gasteiger partial charge in [0.15, 0.2) is 5.65 Å². The molecule has 0 unspecified atom stereocenters. The van der Waals surface area contributed by atoms with E-state index in [0.29, 0.717) is 32.0 Å². The fourth-order valence-corrected chi connectivity index (χ4v) is 4.33. The number of aryl methyl sites for hydroxylation is 1. The Balaban J connectivity index is 1.49. The third kappa shape index (κ3) is 7.46. The summed E-state index contributed by atoms with van der Waals surface area (Å²) in [6.45, 7) is 11.6. The van der Waals surface area contributed by atoms with Crippen molar-refractivity contribution in [3.8, 4) is 0 Å². The second-order valence-electron chi connectivity index (χ2n) is 11.1. The second kappa shape index (κ2) is 10.9. The fraction of sp³-hybridized carbons (Fsp3) is 0.720. The Morgan fingerprint density at radius 3 is 2.67 bits per heavy atom. The smallest absolute Gasteiger partial charge is 0.220 e. The molecule has 3 rings (SSSR count). The standard InChI is InChI=1S/C25H40BN5O2/c1-6-7-18-13-22(31-21(28-18)10-11-27-31)29-19-8-9-20(12-19)30-23(32)14-24(2,3)16-33-17-25(4,5)15-26/h10-11,13,19-20,29H,6-9,12,14-17H2,1-5H3,(H,30,32)/t19-,20-/m1/s1. The van der Waals surface area contributed by atoms with E-state index in [1.807, 2.05) is 10.6 Å². The van der Waals surface area contributed by atoms with Gasteiger partial charge in [-0.1, -0.05) is 47.4 Å². The minimum atomic E-state index is -0.219. The molecule has 0 aliphatic heterocycles. The Hall–Kier alpha value is -2.09. The molecule has 2 aromatic rings. The number of hydrogen-bond acceptors (Lipinski definition) is 5. The van der Waals surface area contributed by atoms with Gasteiger partial charge in [0, 0.05) is 36.3 Å². The number of aromatic nitrogens is 3. The maximum Gasteiger partial charge on any atom is 0.220 e. The van der Waals surface area contributed by atoms with Gasteiger partial charge in [0.1, 0.15) is 5.82 Å². The van der Waals surface area contributed by atoms with Crippen LogP contribution in [0.5, 0.6) is 0 Å². The van der Waals surface area contributed by atoms with Crippen LogP contribution >= 0.6 is 0 Å². The van der Waals surface area contributed by atoms with E-state index in [4.69, 9.17) is 12.6 Å². The van der Waals surface area contributed by atoms with Crippen molar-refractivity contribution in [2.45, 2.75) is 91.5 Å². The molecule has 2 heterocycles. The van der Waals surface area contributed by atoms with Gasteiger partial charge in [0.25, 0.3) is 0 Å². The largest absolute Gasteiger partial charge is 0.380 e. The Labute approximate surface area is 199 Å². The zero-order chi connectivity index (χ0) is 24.1. The van der Waals surface area contributed by atoms with Crippen molar-refractivity contribution in [1.82, 2.24) is 19.9 Å². The van der Waals surface area contributed by atoms with Gasteiger partial charge in [-0.05, 0) is 36.5 Å². The van der Waals surface area contributed by atoms with Gasteiger partial charge in [-0.3, -0.25) is 4.79 Å². The van der Waals surface area contributed by atoms with Crippen LogP contribution in [0.4, 0.5) is 5.82 Å². The van der Waals surface area contributed by atoms with E-state index in [2.05, 4.69) is 61.4 Å². The number of nitrogens with zero attached hydrogens (tertiary/aromatic N) is 3. The highest BCUT2D eigenvalue weighted by Crippen LogP contribution is 2.27. The maximum atomic E-state index is 12.7. The molecule has 0 aromatic carbocycles. The number of rotatable bonds is 12. The van der Waals surface area contributed by atoms with Crippen molar-refractivity contribution in [3.05, 3.63) is 24.0 Å². The maximum absolute atomic E-state index is 12.7. The van der Waals surface area contributed by atoms with E-state index < -0.39 is 0 Å². The zero-order valence-corrected chi connectivity index (χ0v) is 21.0. The van der Waals surface area contributed by atoms with Crippen LogP contribution in [-0.2, 0) is 16.0 Å². The molecule has 0 saturated heterocycles. The van der Waals surface area contributed by atoms with E-state index >= 15 is 0 Å². The summed E-state index contributed by atoms with van der Waals surface area (Å²) in [6.07, 6.45) is 7.70. The monoisotopic (exact) mass is 453 g/mol. The van der Waals surface area contributed by atoms with Crippen molar-refractivity contribution >= 4 is 25.2 Å². The molecule has 1 fully saturated rings. The average molecular weight is 453 g/mol. The molecule has 180 valence electrons. The van der Waals surface area contributed by atoms with Gasteiger partial charge < -0.3 is 15.4 Å². The number of carbonyl (C=O) groups is 1. The predicted octanol–water partition coefficient (Wildman–Crippen LogP) is 4.18. The molecule has 33 heavy (non-hydrogen) atoms. The molecule has 1 aliphatic rings. The number of fused-ring (bicyclic) bond motifs is 1. The number of amides is 1. The molecule has 0 spiro atoms. The summed E-state index contributed by atoms with van der Waals surface area (Å²) in [7, 11) is 5.77. The molecule has 2 aromatic heterocycles. The molecule has 0 bridgehead atoms. The Bertz CT molecular complexity index is 927. The molecule has 2 atom stereocenters. The molecular weight excluding hydrogens is 413 g/mol. The lowest BCUT2D eigenvalue weighted by atomic mass is 9.80.